The summed E-state index contributed by atoms with van der Waals surface area (Å²) >= 11 is 1.16. The van der Waals surface area contributed by atoms with Gasteiger partial charge in [-0.1, -0.05) is 5.16 Å². The summed E-state index contributed by atoms with van der Waals surface area (Å²) in [5.74, 6) is -2.21. The number of benzene rings is 1. The molecule has 13 heteroatoms. The summed E-state index contributed by atoms with van der Waals surface area (Å²) in [4.78, 5) is 44.2. The van der Waals surface area contributed by atoms with Crippen molar-refractivity contribution in [1.29, 1.82) is 5.26 Å². The molecule has 4 amide bonds. The molecule has 2 N–H and O–H groups in total. The van der Waals surface area contributed by atoms with Gasteiger partial charge in [0.2, 0.25) is 17.4 Å². The number of hydrogen-bond donors (Lipinski definition) is 2. The lowest BCUT2D eigenvalue weighted by Gasteiger charge is -2.54. The van der Waals surface area contributed by atoms with Gasteiger partial charge < -0.3 is 14.2 Å². The molecule has 2 saturated heterocycles. The highest BCUT2D eigenvalue weighted by molar-refractivity contribution is 7.13. The summed E-state index contributed by atoms with van der Waals surface area (Å²) in [5.41, 5.74) is 0.598. The summed E-state index contributed by atoms with van der Waals surface area (Å²) in [6.07, 6.45) is -0.782. The largest absolute Gasteiger partial charge is 0.374 e. The van der Waals surface area contributed by atoms with Crippen molar-refractivity contribution in [3.63, 3.8) is 0 Å². The molecule has 2 atom stereocenters. The van der Waals surface area contributed by atoms with E-state index in [4.69, 9.17) is 9.26 Å². The number of nitrogens with zero attached hydrogens (tertiary/aromatic N) is 4. The molecule has 0 aliphatic carbocycles. The lowest BCUT2D eigenvalue weighted by molar-refractivity contribution is -0.151. The molecular formula is C21H15FN6O5S. The Morgan fingerprint density at radius 2 is 2.09 bits per heavy atom. The molecule has 2 fully saturated rings. The molecule has 5 heterocycles. The van der Waals surface area contributed by atoms with Crippen LogP contribution in [0.15, 0.2) is 16.1 Å². The summed E-state index contributed by atoms with van der Waals surface area (Å²) < 4.78 is 27.0. The molecule has 0 radical (unpaired) electrons. The number of morpholine rings is 1. The fourth-order valence-electron chi connectivity index (χ4n) is 5.32. The molecule has 0 unspecified atom stereocenters. The number of aromatic nitrogens is 2. The zero-order chi connectivity index (χ0) is 23.8. The third kappa shape index (κ3) is 2.54. The van der Waals surface area contributed by atoms with Crippen LogP contribution in [-0.4, -0.2) is 53.3 Å². The predicted molar refractivity (Wildman–Crippen MR) is 114 cm³/mol. The maximum atomic E-state index is 15.9. The average Bonchev–Trinajstić information content (AvgIpc) is 3.43. The molecule has 34 heavy (non-hydrogen) atoms. The first kappa shape index (κ1) is 20.7. The Hall–Kier alpha value is -3.89. The van der Waals surface area contributed by atoms with Gasteiger partial charge >= 0.3 is 6.03 Å². The van der Waals surface area contributed by atoms with Gasteiger partial charge in [0.1, 0.15) is 11.8 Å². The van der Waals surface area contributed by atoms with Gasteiger partial charge in [0.15, 0.2) is 16.9 Å². The molecule has 3 aliphatic heterocycles. The van der Waals surface area contributed by atoms with Crippen molar-refractivity contribution < 1.29 is 28.0 Å². The van der Waals surface area contributed by atoms with E-state index in [9.17, 15) is 19.6 Å². The molecule has 3 aliphatic rings. The standard InChI is InChI=1S/C21H15FN6O5S/c1-8-17-21(18(29)25-20(31)26-19(21)30)5-9-4-10-13(16-11(6-23)24-7-34-16)27-33-15(10)12(22)14(9)28(17)2-3-32-8/h4,7-8,17H,2-3,5H2,1H3,(H2,25,26,29,30,31)/t8-,17+/m0/s1. The van der Waals surface area contributed by atoms with Crippen LogP contribution in [0.2, 0.25) is 0 Å². The minimum atomic E-state index is -1.72. The quantitative estimate of drug-likeness (QED) is 0.491. The first-order chi connectivity index (χ1) is 16.4. The Bertz CT molecular complexity index is 1440. The molecule has 0 bridgehead atoms. The Labute approximate surface area is 194 Å². The second-order valence-corrected chi connectivity index (χ2v) is 9.20. The zero-order valence-electron chi connectivity index (χ0n) is 17.5. The lowest BCUT2D eigenvalue weighted by atomic mass is 9.66. The maximum absolute atomic E-state index is 15.9. The van der Waals surface area contributed by atoms with E-state index in [1.54, 1.807) is 17.9 Å². The van der Waals surface area contributed by atoms with E-state index in [0.29, 0.717) is 15.8 Å². The van der Waals surface area contributed by atoms with Crippen LogP contribution in [0.1, 0.15) is 18.2 Å². The van der Waals surface area contributed by atoms with E-state index in [0.717, 1.165) is 11.3 Å². The van der Waals surface area contributed by atoms with E-state index in [1.807, 2.05) is 6.07 Å². The number of carbonyl (C=O) groups is 3. The Morgan fingerprint density at radius 1 is 1.32 bits per heavy atom. The van der Waals surface area contributed by atoms with Crippen molar-refractivity contribution in [1.82, 2.24) is 20.8 Å². The van der Waals surface area contributed by atoms with Gasteiger partial charge in [-0.2, -0.15) is 5.26 Å². The SMILES string of the molecule is C[C@@H]1OCCN2c3c(cc4c(-c5scnc5C#N)noc4c3F)CC3(C(=O)NC(=O)NC3=O)[C@@H]12. The average molecular weight is 482 g/mol. The summed E-state index contributed by atoms with van der Waals surface area (Å²) in [6.45, 7) is 2.17. The minimum absolute atomic E-state index is 0.104. The van der Waals surface area contributed by atoms with Gasteiger partial charge in [-0.05, 0) is 18.6 Å². The van der Waals surface area contributed by atoms with E-state index in [-0.39, 0.29) is 42.2 Å². The van der Waals surface area contributed by atoms with Crippen LogP contribution in [0.5, 0.6) is 0 Å². The number of nitrogens with one attached hydrogen (secondary N) is 2. The van der Waals surface area contributed by atoms with Gasteiger partial charge in [-0.25, -0.2) is 14.2 Å². The molecule has 1 spiro atoms. The number of halogens is 1. The summed E-state index contributed by atoms with van der Waals surface area (Å²) in [7, 11) is 0. The van der Waals surface area contributed by atoms with Crippen LogP contribution in [0.3, 0.4) is 0 Å². The number of fused-ring (bicyclic) bond motifs is 5. The number of hydrogen-bond acceptors (Lipinski definition) is 10. The number of thiazole rings is 1. The molecule has 2 aromatic heterocycles. The van der Waals surface area contributed by atoms with Crippen LogP contribution in [-0.2, 0) is 20.7 Å². The first-order valence-electron chi connectivity index (χ1n) is 10.4. The van der Waals surface area contributed by atoms with Crippen molar-refractivity contribution in [3.8, 4) is 16.6 Å². The second kappa shape index (κ2) is 7.05. The number of barbiturate groups is 1. The Morgan fingerprint density at radius 3 is 2.82 bits per heavy atom. The van der Waals surface area contributed by atoms with Gasteiger partial charge in [0, 0.05) is 13.0 Å². The van der Waals surface area contributed by atoms with Crippen molar-refractivity contribution >= 4 is 45.8 Å². The number of urea groups is 1. The zero-order valence-corrected chi connectivity index (χ0v) is 18.4. The van der Waals surface area contributed by atoms with Crippen molar-refractivity contribution in [3.05, 3.63) is 28.7 Å². The number of nitriles is 1. The molecule has 6 rings (SSSR count). The highest BCUT2D eigenvalue weighted by atomic mass is 32.1. The van der Waals surface area contributed by atoms with E-state index in [1.165, 1.54) is 5.51 Å². The van der Waals surface area contributed by atoms with Crippen LogP contribution < -0.4 is 15.5 Å². The molecule has 1 aromatic carbocycles. The van der Waals surface area contributed by atoms with Gasteiger partial charge in [-0.15, -0.1) is 11.3 Å². The van der Waals surface area contributed by atoms with Crippen LogP contribution in [0.25, 0.3) is 21.5 Å². The van der Waals surface area contributed by atoms with E-state index < -0.39 is 41.2 Å². The minimum Gasteiger partial charge on any atom is -0.374 e. The van der Waals surface area contributed by atoms with Crippen LogP contribution in [0, 0.1) is 22.6 Å². The molecular weight excluding hydrogens is 467 g/mol. The smallest absolute Gasteiger partial charge is 0.328 e. The number of imide groups is 2. The number of carbonyl (C=O) groups excluding carboxylic acids is 3. The Balaban J connectivity index is 1.61. The van der Waals surface area contributed by atoms with Crippen molar-refractivity contribution in [2.75, 3.05) is 18.1 Å². The summed E-state index contributed by atoms with van der Waals surface area (Å²) in [6, 6.07) is 1.83. The molecule has 0 saturated carbocycles. The fraction of sp³-hybridized carbons (Fsp3) is 0.333. The normalized spacial score (nSPS) is 23.3. The topological polar surface area (TPSA) is 150 Å². The molecule has 3 aromatic rings. The third-order valence-corrected chi connectivity index (χ3v) is 7.50. The van der Waals surface area contributed by atoms with Gasteiger partial charge in [0.05, 0.1) is 40.2 Å². The van der Waals surface area contributed by atoms with Gasteiger partial charge in [0.25, 0.3) is 0 Å². The van der Waals surface area contributed by atoms with Crippen LogP contribution >= 0.6 is 11.3 Å². The molecule has 11 nitrogen and oxygen atoms in total. The third-order valence-electron chi connectivity index (χ3n) is 6.67. The number of ether oxygens (including phenoxy) is 1. The summed E-state index contributed by atoms with van der Waals surface area (Å²) in [5, 5.41) is 18.0. The molecule has 172 valence electrons. The number of rotatable bonds is 1. The second-order valence-electron chi connectivity index (χ2n) is 8.35. The van der Waals surface area contributed by atoms with Crippen LogP contribution in [0.4, 0.5) is 14.9 Å². The monoisotopic (exact) mass is 482 g/mol. The fourth-order valence-corrected chi connectivity index (χ4v) is 6.05. The number of anilines is 1. The maximum Gasteiger partial charge on any atom is 0.328 e. The Kier molecular flexibility index (Phi) is 4.29. The van der Waals surface area contributed by atoms with Crippen molar-refractivity contribution in [2.45, 2.75) is 25.5 Å². The lowest BCUT2D eigenvalue weighted by Crippen LogP contribution is -2.74. The van der Waals surface area contributed by atoms with Crippen molar-refractivity contribution in [2.24, 2.45) is 5.41 Å². The van der Waals surface area contributed by atoms with E-state index in [2.05, 4.69) is 20.8 Å². The highest BCUT2D eigenvalue weighted by Crippen LogP contribution is 2.49. The van der Waals surface area contributed by atoms with Gasteiger partial charge in [-0.3, -0.25) is 20.2 Å². The predicted octanol–water partition coefficient (Wildman–Crippen LogP) is 1.46. The highest BCUT2D eigenvalue weighted by Gasteiger charge is 2.62. The van der Waals surface area contributed by atoms with E-state index >= 15 is 4.39 Å². The first-order valence-corrected chi connectivity index (χ1v) is 11.2. The number of amides is 4.